The number of nitrogens with one attached hydrogen (secondary N) is 1. The van der Waals surface area contributed by atoms with Crippen molar-refractivity contribution in [3.05, 3.63) is 35.3 Å². The Kier molecular flexibility index (Phi) is 6.56. The van der Waals surface area contributed by atoms with Gasteiger partial charge in [-0.15, -0.1) is 24.5 Å². The molecule has 1 amide bonds. The van der Waals surface area contributed by atoms with Crippen LogP contribution in [0.2, 0.25) is 0 Å². The molecule has 1 heterocycles. The Morgan fingerprint density at radius 3 is 2.54 bits per heavy atom. The summed E-state index contributed by atoms with van der Waals surface area (Å²) in [7, 11) is 0. The summed E-state index contributed by atoms with van der Waals surface area (Å²) >= 11 is 1.26. The first-order valence-electron chi connectivity index (χ1n) is 7.52. The summed E-state index contributed by atoms with van der Waals surface area (Å²) < 4.78 is 40.2. The molecule has 0 aliphatic carbocycles. The zero-order valence-corrected chi connectivity index (χ0v) is 14.2. The largest absolute Gasteiger partial charge is 0.573 e. The van der Waals surface area contributed by atoms with Crippen molar-refractivity contribution in [3.63, 3.8) is 0 Å². The minimum absolute atomic E-state index is 0.0187. The van der Waals surface area contributed by atoms with Gasteiger partial charge in [0, 0.05) is 23.9 Å². The fraction of sp³-hybridized carbons (Fsp3) is 0.312. The minimum atomic E-state index is -4.74. The maximum absolute atomic E-state index is 12.1. The number of carboxylic acid groups (broad SMARTS) is 1. The Balaban J connectivity index is 1.88. The molecule has 6 nitrogen and oxygen atoms in total. The number of nitrogens with zero attached hydrogens (tertiary/aromatic N) is 1. The smallest absolute Gasteiger partial charge is 0.481 e. The van der Waals surface area contributed by atoms with Gasteiger partial charge in [0.15, 0.2) is 0 Å². The number of hydrogen-bond acceptors (Lipinski definition) is 5. The van der Waals surface area contributed by atoms with E-state index in [-0.39, 0.29) is 31.0 Å². The van der Waals surface area contributed by atoms with Crippen molar-refractivity contribution in [2.45, 2.75) is 25.6 Å². The normalized spacial score (nSPS) is 11.2. The van der Waals surface area contributed by atoms with Gasteiger partial charge in [-0.25, -0.2) is 4.98 Å². The summed E-state index contributed by atoms with van der Waals surface area (Å²) in [5.74, 6) is -1.52. The second kappa shape index (κ2) is 8.65. The van der Waals surface area contributed by atoms with E-state index in [1.807, 2.05) is 0 Å². The van der Waals surface area contributed by atoms with Crippen LogP contribution in [0.4, 0.5) is 13.2 Å². The predicted octanol–water partition coefficient (Wildman–Crippen LogP) is 3.23. The van der Waals surface area contributed by atoms with Gasteiger partial charge in [0.1, 0.15) is 10.8 Å². The van der Waals surface area contributed by atoms with E-state index in [1.54, 1.807) is 5.38 Å². The number of hydrogen-bond donors (Lipinski definition) is 2. The van der Waals surface area contributed by atoms with Crippen LogP contribution in [0, 0.1) is 0 Å². The summed E-state index contributed by atoms with van der Waals surface area (Å²) in [6.45, 7) is 0.267. The van der Waals surface area contributed by atoms with E-state index in [0.29, 0.717) is 22.7 Å². The highest BCUT2D eigenvalue weighted by atomic mass is 32.1. The van der Waals surface area contributed by atoms with Crippen LogP contribution in [-0.2, 0) is 16.0 Å². The van der Waals surface area contributed by atoms with E-state index in [4.69, 9.17) is 5.11 Å². The van der Waals surface area contributed by atoms with E-state index in [1.165, 1.54) is 35.6 Å². The zero-order chi connectivity index (χ0) is 19.2. The number of ether oxygens (including phenoxy) is 1. The number of benzene rings is 1. The van der Waals surface area contributed by atoms with Crippen molar-refractivity contribution in [1.82, 2.24) is 10.3 Å². The molecule has 0 fully saturated rings. The third-order valence-corrected chi connectivity index (χ3v) is 4.06. The summed E-state index contributed by atoms with van der Waals surface area (Å²) in [5, 5.41) is 13.4. The molecule has 1 aromatic heterocycles. The fourth-order valence-electron chi connectivity index (χ4n) is 2.01. The zero-order valence-electron chi connectivity index (χ0n) is 13.4. The summed E-state index contributed by atoms with van der Waals surface area (Å²) in [6, 6.07) is 5.30. The monoisotopic (exact) mass is 388 g/mol. The van der Waals surface area contributed by atoms with Crippen LogP contribution < -0.4 is 10.1 Å². The number of alkyl halides is 3. The fourth-order valence-corrected chi connectivity index (χ4v) is 2.84. The average Bonchev–Trinajstić information content (AvgIpc) is 2.99. The number of rotatable bonds is 8. The molecular formula is C16H15F3N2O4S. The molecule has 0 unspecified atom stereocenters. The van der Waals surface area contributed by atoms with E-state index in [0.717, 1.165) is 0 Å². The number of aliphatic carboxylic acids is 1. The van der Waals surface area contributed by atoms with Crippen molar-refractivity contribution in [2.75, 3.05) is 6.54 Å². The first kappa shape index (κ1) is 19.7. The Labute approximate surface area is 150 Å². The van der Waals surface area contributed by atoms with Gasteiger partial charge in [-0.2, -0.15) is 0 Å². The summed E-state index contributed by atoms with van der Waals surface area (Å²) in [6.07, 6.45) is -4.38. The molecule has 0 spiro atoms. The van der Waals surface area contributed by atoms with Crippen molar-refractivity contribution < 1.29 is 32.6 Å². The second-order valence-corrected chi connectivity index (χ2v) is 6.10. The van der Waals surface area contributed by atoms with Gasteiger partial charge in [0.2, 0.25) is 5.91 Å². The lowest BCUT2D eigenvalue weighted by Gasteiger charge is -2.08. The maximum Gasteiger partial charge on any atom is 0.573 e. The predicted molar refractivity (Wildman–Crippen MR) is 87.8 cm³/mol. The third-order valence-electron chi connectivity index (χ3n) is 3.12. The lowest BCUT2D eigenvalue weighted by Crippen LogP contribution is -2.26. The molecule has 0 bridgehead atoms. The first-order valence-corrected chi connectivity index (χ1v) is 8.40. The van der Waals surface area contributed by atoms with Gasteiger partial charge >= 0.3 is 12.3 Å². The number of carbonyl (C=O) groups excluding carboxylic acids is 1. The van der Waals surface area contributed by atoms with E-state index < -0.39 is 12.3 Å². The van der Waals surface area contributed by atoms with Crippen LogP contribution in [0.15, 0.2) is 29.6 Å². The molecule has 140 valence electrons. The lowest BCUT2D eigenvalue weighted by molar-refractivity contribution is -0.274. The number of thiazole rings is 1. The second-order valence-electron chi connectivity index (χ2n) is 5.24. The standard InChI is InChI=1S/C16H15F3N2O4S/c17-16(18,19)25-12-5-3-10(4-6-12)15-21-11(9-26-15)8-13(22)20-7-1-2-14(23)24/h3-6,9H,1-2,7-8H2,(H,20,22)(H,23,24). The SMILES string of the molecule is O=C(O)CCCNC(=O)Cc1csc(-c2ccc(OC(F)(F)F)cc2)n1. The third kappa shape index (κ3) is 6.71. The molecule has 26 heavy (non-hydrogen) atoms. The molecule has 2 N–H and O–H groups in total. The van der Waals surface area contributed by atoms with Crippen LogP contribution in [0.5, 0.6) is 5.75 Å². The Bertz CT molecular complexity index is 760. The lowest BCUT2D eigenvalue weighted by atomic mass is 10.2. The summed E-state index contributed by atoms with van der Waals surface area (Å²) in [4.78, 5) is 26.4. The molecule has 10 heteroatoms. The van der Waals surface area contributed by atoms with Gasteiger partial charge in [0.25, 0.3) is 0 Å². The molecule has 2 aromatic rings. The number of amides is 1. The van der Waals surface area contributed by atoms with Crippen LogP contribution >= 0.6 is 11.3 Å². The van der Waals surface area contributed by atoms with E-state index in [2.05, 4.69) is 15.0 Å². The van der Waals surface area contributed by atoms with Crippen LogP contribution in [-0.4, -0.2) is 34.9 Å². The van der Waals surface area contributed by atoms with Gasteiger partial charge in [0.05, 0.1) is 12.1 Å². The van der Waals surface area contributed by atoms with Crippen LogP contribution in [0.3, 0.4) is 0 Å². The van der Waals surface area contributed by atoms with Gasteiger partial charge in [-0.05, 0) is 30.7 Å². The van der Waals surface area contributed by atoms with Gasteiger partial charge < -0.3 is 15.2 Å². The minimum Gasteiger partial charge on any atom is -0.481 e. The Hall–Kier alpha value is -2.62. The van der Waals surface area contributed by atoms with E-state index >= 15 is 0 Å². The van der Waals surface area contributed by atoms with Crippen molar-refractivity contribution in [1.29, 1.82) is 0 Å². The molecule has 1 aromatic carbocycles. The van der Waals surface area contributed by atoms with Crippen LogP contribution in [0.1, 0.15) is 18.5 Å². The van der Waals surface area contributed by atoms with Gasteiger partial charge in [-0.3, -0.25) is 9.59 Å². The number of halogens is 3. The molecule has 0 saturated carbocycles. The molecular weight excluding hydrogens is 373 g/mol. The first-order chi connectivity index (χ1) is 12.2. The van der Waals surface area contributed by atoms with Crippen molar-refractivity contribution in [3.8, 4) is 16.3 Å². The molecule has 0 aliphatic rings. The Morgan fingerprint density at radius 1 is 1.23 bits per heavy atom. The highest BCUT2D eigenvalue weighted by Crippen LogP contribution is 2.28. The molecule has 0 saturated heterocycles. The van der Waals surface area contributed by atoms with Crippen LogP contribution in [0.25, 0.3) is 10.6 Å². The number of aromatic nitrogens is 1. The highest BCUT2D eigenvalue weighted by molar-refractivity contribution is 7.13. The van der Waals surface area contributed by atoms with Crippen molar-refractivity contribution >= 4 is 23.2 Å². The highest BCUT2D eigenvalue weighted by Gasteiger charge is 2.31. The van der Waals surface area contributed by atoms with E-state index in [9.17, 15) is 22.8 Å². The van der Waals surface area contributed by atoms with Crippen molar-refractivity contribution in [2.24, 2.45) is 0 Å². The molecule has 0 aliphatic heterocycles. The average molecular weight is 388 g/mol. The molecule has 0 radical (unpaired) electrons. The maximum atomic E-state index is 12.1. The Morgan fingerprint density at radius 2 is 1.92 bits per heavy atom. The molecule has 0 atom stereocenters. The number of carboxylic acids is 1. The number of carbonyl (C=O) groups is 2. The quantitative estimate of drug-likeness (QED) is 0.678. The summed E-state index contributed by atoms with van der Waals surface area (Å²) in [5.41, 5.74) is 1.13. The van der Waals surface area contributed by atoms with Gasteiger partial charge in [-0.1, -0.05) is 0 Å². The topological polar surface area (TPSA) is 88.5 Å². The molecule has 2 rings (SSSR count).